The fourth-order valence-corrected chi connectivity index (χ4v) is 0.699. The van der Waals surface area contributed by atoms with Crippen molar-refractivity contribution in [3.05, 3.63) is 34.1 Å². The van der Waals surface area contributed by atoms with Crippen LogP contribution >= 0.6 is 0 Å². The number of rotatable bonds is 3. The van der Waals surface area contributed by atoms with Gasteiger partial charge in [-0.15, -0.1) is 0 Å². The van der Waals surface area contributed by atoms with Gasteiger partial charge in [0.25, 0.3) is 0 Å². The lowest BCUT2D eigenvalue weighted by Gasteiger charge is -1.82. The van der Waals surface area contributed by atoms with Gasteiger partial charge >= 0.3 is 5.88 Å². The normalized spacial score (nSPS) is 10.8. The molecule has 12 heavy (non-hydrogen) atoms. The van der Waals surface area contributed by atoms with Crippen molar-refractivity contribution in [3.8, 4) is 0 Å². The van der Waals surface area contributed by atoms with E-state index in [2.05, 4.69) is 0 Å². The highest BCUT2D eigenvalue weighted by Crippen LogP contribution is 2.16. The fourth-order valence-electron chi connectivity index (χ4n) is 0.699. The summed E-state index contributed by atoms with van der Waals surface area (Å²) in [6.45, 7) is -0.117. The summed E-state index contributed by atoms with van der Waals surface area (Å²) >= 11 is 0. The molecule has 0 bridgehead atoms. The van der Waals surface area contributed by atoms with Gasteiger partial charge in [0, 0.05) is 0 Å². The number of hydrogen-bond acceptors (Lipinski definition) is 4. The number of hydrogen-bond donors (Lipinski definition) is 1. The Bertz CT molecular complexity index is 302. The van der Waals surface area contributed by atoms with Gasteiger partial charge < -0.3 is 9.52 Å². The molecule has 0 aliphatic rings. The molecule has 64 valence electrons. The van der Waals surface area contributed by atoms with Crippen molar-refractivity contribution in [1.29, 1.82) is 0 Å². The van der Waals surface area contributed by atoms with Gasteiger partial charge in [-0.05, 0) is 12.1 Å². The van der Waals surface area contributed by atoms with Gasteiger partial charge in [0.15, 0.2) is 0 Å². The van der Waals surface area contributed by atoms with Crippen LogP contribution in [0.2, 0.25) is 0 Å². The number of nitrogens with zero attached hydrogens (tertiary/aromatic N) is 1. The van der Waals surface area contributed by atoms with Crippen molar-refractivity contribution in [3.63, 3.8) is 0 Å². The smallest absolute Gasteiger partial charge is 0.401 e. The predicted molar refractivity (Wildman–Crippen MR) is 41.5 cm³/mol. The third-order valence-corrected chi connectivity index (χ3v) is 1.18. The fraction of sp³-hybridized carbons (Fsp3) is 0.143. The highest BCUT2D eigenvalue weighted by atomic mass is 16.6. The summed E-state index contributed by atoms with van der Waals surface area (Å²) in [6.07, 6.45) is 2.90. The summed E-state index contributed by atoms with van der Waals surface area (Å²) in [5.74, 6) is 0.0586. The minimum absolute atomic E-state index is 0.117. The first-order valence-electron chi connectivity index (χ1n) is 3.25. The van der Waals surface area contributed by atoms with Crippen LogP contribution in [0, 0.1) is 10.1 Å². The van der Waals surface area contributed by atoms with E-state index in [0.29, 0.717) is 5.76 Å². The number of aliphatic hydroxyl groups is 1. The van der Waals surface area contributed by atoms with Crippen LogP contribution in [-0.2, 0) is 0 Å². The minimum atomic E-state index is -0.615. The molecule has 1 aromatic rings. The Morgan fingerprint density at radius 3 is 2.92 bits per heavy atom. The van der Waals surface area contributed by atoms with Crippen LogP contribution in [0.5, 0.6) is 0 Å². The Balaban J connectivity index is 2.77. The molecule has 0 atom stereocenters. The second-order valence-electron chi connectivity index (χ2n) is 2.02. The Kier molecular flexibility index (Phi) is 2.60. The molecule has 1 heterocycles. The lowest BCUT2D eigenvalue weighted by atomic mass is 10.4. The lowest BCUT2D eigenvalue weighted by Crippen LogP contribution is -1.82. The van der Waals surface area contributed by atoms with Crippen molar-refractivity contribution in [1.82, 2.24) is 0 Å². The first-order valence-corrected chi connectivity index (χ1v) is 3.25. The standard InChI is InChI=1S/C7H7NO4/c9-5-1-2-6-3-4-7(12-6)8(10)11/h1-4,9H,5H2. The van der Waals surface area contributed by atoms with Gasteiger partial charge in [-0.3, -0.25) is 10.1 Å². The largest absolute Gasteiger partial charge is 0.433 e. The van der Waals surface area contributed by atoms with Crippen LogP contribution in [0.15, 0.2) is 22.6 Å². The molecular weight excluding hydrogens is 162 g/mol. The summed E-state index contributed by atoms with van der Waals surface area (Å²) < 4.78 is 4.75. The third-order valence-electron chi connectivity index (χ3n) is 1.18. The molecule has 0 amide bonds. The van der Waals surface area contributed by atoms with E-state index in [1.807, 2.05) is 0 Å². The van der Waals surface area contributed by atoms with Crippen molar-refractivity contribution in [2.75, 3.05) is 6.61 Å². The Morgan fingerprint density at radius 1 is 1.67 bits per heavy atom. The molecule has 1 N–H and O–H groups in total. The number of furan rings is 1. The number of nitro groups is 1. The molecule has 0 aromatic carbocycles. The van der Waals surface area contributed by atoms with E-state index in [4.69, 9.17) is 9.52 Å². The van der Waals surface area contributed by atoms with E-state index < -0.39 is 4.92 Å². The quantitative estimate of drug-likeness (QED) is 0.544. The maximum absolute atomic E-state index is 10.1. The lowest BCUT2D eigenvalue weighted by molar-refractivity contribution is -0.402. The maximum Gasteiger partial charge on any atom is 0.433 e. The SMILES string of the molecule is O=[N+]([O-])c1ccc(C=CCO)o1. The maximum atomic E-state index is 10.1. The number of aliphatic hydroxyl groups excluding tert-OH is 1. The average molecular weight is 169 g/mol. The van der Waals surface area contributed by atoms with E-state index >= 15 is 0 Å². The topological polar surface area (TPSA) is 76.5 Å². The van der Waals surface area contributed by atoms with Crippen molar-refractivity contribution < 1.29 is 14.4 Å². The van der Waals surface area contributed by atoms with Crippen LogP contribution in [0.1, 0.15) is 5.76 Å². The second-order valence-corrected chi connectivity index (χ2v) is 2.02. The van der Waals surface area contributed by atoms with E-state index in [9.17, 15) is 10.1 Å². The molecule has 0 aliphatic carbocycles. The molecule has 1 aromatic heterocycles. The predicted octanol–water partition coefficient (Wildman–Crippen LogP) is 1.19. The Hall–Kier alpha value is -1.62. The summed E-state index contributed by atoms with van der Waals surface area (Å²) in [5.41, 5.74) is 0. The second kappa shape index (κ2) is 3.68. The van der Waals surface area contributed by atoms with Crippen LogP contribution in [0.25, 0.3) is 6.08 Å². The van der Waals surface area contributed by atoms with E-state index in [1.54, 1.807) is 0 Å². The minimum Gasteiger partial charge on any atom is -0.401 e. The van der Waals surface area contributed by atoms with Gasteiger partial charge in [0.1, 0.15) is 10.7 Å². The van der Waals surface area contributed by atoms with Crippen LogP contribution < -0.4 is 0 Å². The Labute approximate surface area is 68.1 Å². The zero-order valence-corrected chi connectivity index (χ0v) is 6.14. The summed E-state index contributed by atoms with van der Waals surface area (Å²) in [5, 5.41) is 18.5. The van der Waals surface area contributed by atoms with Gasteiger partial charge in [-0.2, -0.15) is 0 Å². The highest BCUT2D eigenvalue weighted by Gasteiger charge is 2.09. The van der Waals surface area contributed by atoms with Gasteiger partial charge in [0.05, 0.1) is 12.7 Å². The molecule has 0 spiro atoms. The van der Waals surface area contributed by atoms with Crippen LogP contribution in [-0.4, -0.2) is 16.6 Å². The highest BCUT2D eigenvalue weighted by molar-refractivity contribution is 5.44. The molecule has 0 saturated heterocycles. The first kappa shape index (κ1) is 8.48. The van der Waals surface area contributed by atoms with Crippen LogP contribution in [0.4, 0.5) is 5.88 Å². The zero-order valence-electron chi connectivity index (χ0n) is 6.14. The van der Waals surface area contributed by atoms with Crippen LogP contribution in [0.3, 0.4) is 0 Å². The summed E-state index contributed by atoms with van der Waals surface area (Å²) in [4.78, 5) is 9.51. The van der Waals surface area contributed by atoms with E-state index in [1.165, 1.54) is 24.3 Å². The average Bonchev–Trinajstić information content (AvgIpc) is 2.48. The van der Waals surface area contributed by atoms with Gasteiger partial charge in [-0.25, -0.2) is 0 Å². The molecule has 0 fully saturated rings. The zero-order chi connectivity index (χ0) is 8.97. The molecule has 0 saturated carbocycles. The van der Waals surface area contributed by atoms with E-state index in [-0.39, 0.29) is 12.5 Å². The first-order chi connectivity index (χ1) is 5.74. The van der Waals surface area contributed by atoms with Crippen molar-refractivity contribution in [2.24, 2.45) is 0 Å². The van der Waals surface area contributed by atoms with Crippen molar-refractivity contribution in [2.45, 2.75) is 0 Å². The molecule has 5 nitrogen and oxygen atoms in total. The molecule has 0 radical (unpaired) electrons. The molecule has 5 heteroatoms. The molecular formula is C7H7NO4. The summed E-state index contributed by atoms with van der Waals surface area (Å²) in [6, 6.07) is 2.72. The third kappa shape index (κ3) is 1.93. The monoisotopic (exact) mass is 169 g/mol. The Morgan fingerprint density at radius 2 is 2.42 bits per heavy atom. The molecule has 0 aliphatic heterocycles. The van der Waals surface area contributed by atoms with E-state index in [0.717, 1.165) is 0 Å². The van der Waals surface area contributed by atoms with Crippen molar-refractivity contribution >= 4 is 12.0 Å². The van der Waals surface area contributed by atoms with Gasteiger partial charge in [0.2, 0.25) is 0 Å². The molecule has 0 unspecified atom stereocenters. The summed E-state index contributed by atoms with van der Waals surface area (Å²) in [7, 11) is 0. The van der Waals surface area contributed by atoms with Gasteiger partial charge in [-0.1, -0.05) is 6.08 Å². The molecule has 1 rings (SSSR count).